The highest BCUT2D eigenvalue weighted by molar-refractivity contribution is 5.87. The predicted octanol–water partition coefficient (Wildman–Crippen LogP) is 2.53. The number of hydrogen-bond donors (Lipinski definition) is 2. The molecule has 1 unspecified atom stereocenters. The number of carbonyl (C=O) groups excluding carboxylic acids is 1. The molecule has 3 aromatic rings. The maximum Gasteiger partial charge on any atom is 0.246 e. The number of nitrogens with two attached hydrogens (primary N) is 1. The van der Waals surface area contributed by atoms with E-state index in [1.807, 2.05) is 28.8 Å². The Morgan fingerprint density at radius 2 is 2.12 bits per heavy atom. The SMILES string of the molecule is C=CC(=O)N1CCCC(n2cnc3c(N)nc(Nc4ccc(OCCOC)cc4)nc32)C1. The van der Waals surface area contributed by atoms with Crippen molar-refractivity contribution in [3.8, 4) is 5.75 Å². The van der Waals surface area contributed by atoms with Crippen molar-refractivity contribution in [3.63, 3.8) is 0 Å². The number of likely N-dealkylation sites (tertiary alicyclic amines) is 1. The van der Waals surface area contributed by atoms with Gasteiger partial charge in [-0.2, -0.15) is 9.97 Å². The number of nitrogens with one attached hydrogen (secondary N) is 1. The molecule has 168 valence electrons. The molecule has 0 saturated carbocycles. The van der Waals surface area contributed by atoms with Crippen molar-refractivity contribution in [3.05, 3.63) is 43.2 Å². The molecule has 0 radical (unpaired) electrons. The lowest BCUT2D eigenvalue weighted by Crippen LogP contribution is -2.39. The van der Waals surface area contributed by atoms with Gasteiger partial charge < -0.3 is 30.0 Å². The molecule has 1 aliphatic rings. The molecule has 0 spiro atoms. The third kappa shape index (κ3) is 4.65. The van der Waals surface area contributed by atoms with Crippen molar-refractivity contribution in [1.29, 1.82) is 0 Å². The van der Waals surface area contributed by atoms with Crippen molar-refractivity contribution >= 4 is 34.5 Å². The van der Waals surface area contributed by atoms with Gasteiger partial charge in [0.2, 0.25) is 11.9 Å². The zero-order valence-corrected chi connectivity index (χ0v) is 18.0. The van der Waals surface area contributed by atoms with E-state index in [4.69, 9.17) is 15.2 Å². The molecule has 3 N–H and O–H groups in total. The molecule has 1 aromatic carbocycles. The van der Waals surface area contributed by atoms with Crippen LogP contribution < -0.4 is 15.8 Å². The second-order valence-corrected chi connectivity index (χ2v) is 7.53. The Balaban J connectivity index is 1.54. The summed E-state index contributed by atoms with van der Waals surface area (Å²) < 4.78 is 12.6. The summed E-state index contributed by atoms with van der Waals surface area (Å²) in [7, 11) is 1.63. The molecule has 1 amide bonds. The van der Waals surface area contributed by atoms with Gasteiger partial charge in [-0.25, -0.2) is 4.98 Å². The molecule has 2 aromatic heterocycles. The van der Waals surface area contributed by atoms with Crippen molar-refractivity contribution in [2.75, 3.05) is 44.5 Å². The Morgan fingerprint density at radius 1 is 1.31 bits per heavy atom. The fraction of sp³-hybridized carbons (Fsp3) is 0.364. The number of carbonyl (C=O) groups is 1. The molecule has 32 heavy (non-hydrogen) atoms. The average Bonchev–Trinajstić information content (AvgIpc) is 3.24. The van der Waals surface area contributed by atoms with Gasteiger partial charge in [0.15, 0.2) is 11.5 Å². The number of nitrogens with zero attached hydrogens (tertiary/aromatic N) is 5. The molecule has 3 heterocycles. The summed E-state index contributed by atoms with van der Waals surface area (Å²) in [6, 6.07) is 7.53. The summed E-state index contributed by atoms with van der Waals surface area (Å²) in [5.74, 6) is 1.35. The fourth-order valence-corrected chi connectivity index (χ4v) is 3.78. The number of imidazole rings is 1. The van der Waals surface area contributed by atoms with E-state index in [2.05, 4.69) is 26.8 Å². The van der Waals surface area contributed by atoms with E-state index in [0.717, 1.165) is 30.8 Å². The number of amides is 1. The second-order valence-electron chi connectivity index (χ2n) is 7.53. The van der Waals surface area contributed by atoms with Crippen molar-refractivity contribution in [2.24, 2.45) is 0 Å². The third-order valence-electron chi connectivity index (χ3n) is 5.39. The zero-order valence-electron chi connectivity index (χ0n) is 18.0. The van der Waals surface area contributed by atoms with Crippen molar-refractivity contribution < 1.29 is 14.3 Å². The Morgan fingerprint density at radius 3 is 2.88 bits per heavy atom. The van der Waals surface area contributed by atoms with Gasteiger partial charge in [0.1, 0.15) is 17.9 Å². The minimum absolute atomic E-state index is 0.0586. The largest absolute Gasteiger partial charge is 0.491 e. The van der Waals surface area contributed by atoms with Crippen LogP contribution in [0.25, 0.3) is 11.2 Å². The van der Waals surface area contributed by atoms with Gasteiger partial charge in [0, 0.05) is 25.9 Å². The van der Waals surface area contributed by atoms with Crippen molar-refractivity contribution in [1.82, 2.24) is 24.4 Å². The lowest BCUT2D eigenvalue weighted by molar-refractivity contribution is -0.127. The number of methoxy groups -OCH3 is 1. The number of ether oxygens (including phenoxy) is 2. The molecule has 0 bridgehead atoms. The Kier molecular flexibility index (Phi) is 6.50. The van der Waals surface area contributed by atoms with Gasteiger partial charge in [0.25, 0.3) is 0 Å². The van der Waals surface area contributed by atoms with Crippen LogP contribution in [0.5, 0.6) is 5.75 Å². The molecule has 0 aliphatic carbocycles. The monoisotopic (exact) mass is 437 g/mol. The van der Waals surface area contributed by atoms with Crippen LogP contribution in [0, 0.1) is 0 Å². The Labute approximate surface area is 186 Å². The number of benzene rings is 1. The molecular weight excluding hydrogens is 410 g/mol. The van der Waals surface area contributed by atoms with E-state index in [1.165, 1.54) is 6.08 Å². The summed E-state index contributed by atoms with van der Waals surface area (Å²) in [6.45, 7) is 5.91. The van der Waals surface area contributed by atoms with E-state index in [1.54, 1.807) is 18.3 Å². The quantitative estimate of drug-likeness (QED) is 0.407. The highest BCUT2D eigenvalue weighted by Crippen LogP contribution is 2.28. The van der Waals surface area contributed by atoms with E-state index in [9.17, 15) is 4.79 Å². The fourth-order valence-electron chi connectivity index (χ4n) is 3.78. The average molecular weight is 438 g/mol. The minimum atomic E-state index is -0.0646. The number of hydrogen-bond acceptors (Lipinski definition) is 8. The van der Waals surface area contributed by atoms with E-state index >= 15 is 0 Å². The molecule has 1 aliphatic heterocycles. The summed E-state index contributed by atoms with van der Waals surface area (Å²) in [5, 5.41) is 3.19. The van der Waals surface area contributed by atoms with Gasteiger partial charge in [-0.15, -0.1) is 0 Å². The van der Waals surface area contributed by atoms with Gasteiger partial charge in [-0.3, -0.25) is 4.79 Å². The second kappa shape index (κ2) is 9.65. The summed E-state index contributed by atoms with van der Waals surface area (Å²) in [5.41, 5.74) is 8.15. The molecule has 10 heteroatoms. The van der Waals surface area contributed by atoms with Crippen LogP contribution in [0.15, 0.2) is 43.2 Å². The third-order valence-corrected chi connectivity index (χ3v) is 5.39. The summed E-state index contributed by atoms with van der Waals surface area (Å²) >= 11 is 0. The van der Waals surface area contributed by atoms with Crippen LogP contribution in [-0.4, -0.2) is 63.7 Å². The van der Waals surface area contributed by atoms with Crippen molar-refractivity contribution in [2.45, 2.75) is 18.9 Å². The first-order valence-corrected chi connectivity index (χ1v) is 10.5. The van der Waals surface area contributed by atoms with Crippen LogP contribution in [0.2, 0.25) is 0 Å². The Hall–Kier alpha value is -3.66. The topological polar surface area (TPSA) is 120 Å². The first-order chi connectivity index (χ1) is 15.6. The number of rotatable bonds is 8. The smallest absolute Gasteiger partial charge is 0.246 e. The lowest BCUT2D eigenvalue weighted by Gasteiger charge is -2.32. The van der Waals surface area contributed by atoms with Gasteiger partial charge in [0.05, 0.1) is 19.0 Å². The maximum atomic E-state index is 12.1. The first-order valence-electron chi connectivity index (χ1n) is 10.5. The highest BCUT2D eigenvalue weighted by atomic mass is 16.5. The molecule has 4 rings (SSSR count). The molecule has 10 nitrogen and oxygen atoms in total. The number of anilines is 3. The number of piperidine rings is 1. The molecule has 1 fully saturated rings. The maximum absolute atomic E-state index is 12.1. The molecule has 1 saturated heterocycles. The van der Waals surface area contributed by atoms with Crippen LogP contribution >= 0.6 is 0 Å². The van der Waals surface area contributed by atoms with Crippen LogP contribution in [0.1, 0.15) is 18.9 Å². The minimum Gasteiger partial charge on any atom is -0.491 e. The number of nitrogen functional groups attached to an aromatic ring is 1. The highest BCUT2D eigenvalue weighted by Gasteiger charge is 2.25. The predicted molar refractivity (Wildman–Crippen MR) is 122 cm³/mol. The van der Waals surface area contributed by atoms with E-state index in [0.29, 0.717) is 42.7 Å². The number of fused-ring (bicyclic) bond motifs is 1. The van der Waals surface area contributed by atoms with Gasteiger partial charge in [-0.1, -0.05) is 6.58 Å². The summed E-state index contributed by atoms with van der Waals surface area (Å²) in [4.78, 5) is 27.3. The number of aromatic nitrogens is 4. The standard InChI is InChI=1S/C22H27N7O3/c1-3-18(30)28-10-4-5-16(13-28)29-14-24-19-20(23)26-22(27-21(19)29)25-15-6-8-17(9-7-15)32-12-11-31-2/h3,6-9,14,16H,1,4-5,10-13H2,2H3,(H3,23,25,26,27). The van der Waals surface area contributed by atoms with Crippen LogP contribution in [0.4, 0.5) is 17.5 Å². The normalized spacial score (nSPS) is 16.2. The van der Waals surface area contributed by atoms with Gasteiger partial charge in [-0.05, 0) is 43.2 Å². The van der Waals surface area contributed by atoms with Gasteiger partial charge >= 0.3 is 0 Å². The van der Waals surface area contributed by atoms with E-state index in [-0.39, 0.29) is 11.9 Å². The van der Waals surface area contributed by atoms with Crippen LogP contribution in [0.3, 0.4) is 0 Å². The summed E-state index contributed by atoms with van der Waals surface area (Å²) in [6.07, 6.45) is 4.89. The Bertz CT molecular complexity index is 1100. The molecule has 1 atom stereocenters. The first kappa shape index (κ1) is 21.6. The van der Waals surface area contributed by atoms with E-state index < -0.39 is 0 Å². The lowest BCUT2D eigenvalue weighted by atomic mass is 10.1. The molecular formula is C22H27N7O3. The van der Waals surface area contributed by atoms with Crippen LogP contribution in [-0.2, 0) is 9.53 Å². The zero-order chi connectivity index (χ0) is 22.5.